The summed E-state index contributed by atoms with van der Waals surface area (Å²) in [5, 5.41) is 0. The third-order valence-electron chi connectivity index (χ3n) is 4.79. The molecule has 0 spiro atoms. The Bertz CT molecular complexity index is 576. The molecule has 0 saturated carbocycles. The standard InChI is InChI=1S/C17H22N2O2/c1-12-6-5-7-15(13(12)2)19-11-8-14(17(19)21)16(20)18-9-3-4-10-18/h5-7,14H,3-4,8-11H2,1-2H3. The van der Waals surface area contributed by atoms with E-state index >= 15 is 0 Å². The van der Waals surface area contributed by atoms with Crippen LogP contribution in [0.2, 0.25) is 0 Å². The summed E-state index contributed by atoms with van der Waals surface area (Å²) in [6, 6.07) is 6.00. The molecule has 4 nitrogen and oxygen atoms in total. The second-order valence-electron chi connectivity index (χ2n) is 6.08. The van der Waals surface area contributed by atoms with Crippen molar-refractivity contribution < 1.29 is 9.59 Å². The van der Waals surface area contributed by atoms with E-state index < -0.39 is 5.92 Å². The lowest BCUT2D eigenvalue weighted by atomic mass is 10.1. The molecule has 0 bridgehead atoms. The van der Waals surface area contributed by atoms with Crippen LogP contribution in [0, 0.1) is 19.8 Å². The lowest BCUT2D eigenvalue weighted by Gasteiger charge is -2.22. The van der Waals surface area contributed by atoms with Crippen molar-refractivity contribution in [3.05, 3.63) is 29.3 Å². The molecular weight excluding hydrogens is 264 g/mol. The van der Waals surface area contributed by atoms with Crippen molar-refractivity contribution in [2.75, 3.05) is 24.5 Å². The number of nitrogens with zero attached hydrogens (tertiary/aromatic N) is 2. The largest absolute Gasteiger partial charge is 0.342 e. The molecular formula is C17H22N2O2. The van der Waals surface area contributed by atoms with Crippen molar-refractivity contribution in [3.63, 3.8) is 0 Å². The summed E-state index contributed by atoms with van der Waals surface area (Å²) in [5.41, 5.74) is 3.26. The van der Waals surface area contributed by atoms with Gasteiger partial charge in [0.05, 0.1) is 0 Å². The lowest BCUT2D eigenvalue weighted by molar-refractivity contribution is -0.139. The van der Waals surface area contributed by atoms with Crippen LogP contribution in [0.4, 0.5) is 5.69 Å². The molecule has 2 fully saturated rings. The van der Waals surface area contributed by atoms with E-state index in [9.17, 15) is 9.59 Å². The number of hydrogen-bond donors (Lipinski definition) is 0. The van der Waals surface area contributed by atoms with Gasteiger partial charge in [-0.05, 0) is 50.3 Å². The number of carbonyl (C=O) groups is 2. The van der Waals surface area contributed by atoms with Gasteiger partial charge in [-0.3, -0.25) is 9.59 Å². The van der Waals surface area contributed by atoms with Crippen LogP contribution in [0.3, 0.4) is 0 Å². The van der Waals surface area contributed by atoms with E-state index in [4.69, 9.17) is 0 Å². The van der Waals surface area contributed by atoms with Gasteiger partial charge < -0.3 is 9.80 Å². The first kappa shape index (κ1) is 14.1. The van der Waals surface area contributed by atoms with Gasteiger partial charge in [0.2, 0.25) is 11.8 Å². The third-order valence-corrected chi connectivity index (χ3v) is 4.79. The van der Waals surface area contributed by atoms with Gasteiger partial charge in [-0.1, -0.05) is 12.1 Å². The van der Waals surface area contributed by atoms with Crippen molar-refractivity contribution in [3.8, 4) is 0 Å². The van der Waals surface area contributed by atoms with Crippen LogP contribution in [0.5, 0.6) is 0 Å². The molecule has 0 aliphatic carbocycles. The Morgan fingerprint density at radius 2 is 1.86 bits per heavy atom. The maximum atomic E-state index is 12.6. The van der Waals surface area contributed by atoms with E-state index in [0.717, 1.165) is 37.2 Å². The zero-order chi connectivity index (χ0) is 15.0. The minimum atomic E-state index is -0.469. The molecule has 1 aromatic carbocycles. The molecule has 3 rings (SSSR count). The molecule has 112 valence electrons. The van der Waals surface area contributed by atoms with E-state index in [1.54, 1.807) is 4.90 Å². The van der Waals surface area contributed by atoms with E-state index in [2.05, 4.69) is 0 Å². The first-order valence-electron chi connectivity index (χ1n) is 7.76. The molecule has 4 heteroatoms. The quantitative estimate of drug-likeness (QED) is 0.783. The normalized spacial score (nSPS) is 22.2. The van der Waals surface area contributed by atoms with E-state index in [-0.39, 0.29) is 11.8 Å². The highest BCUT2D eigenvalue weighted by Gasteiger charge is 2.40. The fourth-order valence-electron chi connectivity index (χ4n) is 3.33. The minimum Gasteiger partial charge on any atom is -0.342 e. The summed E-state index contributed by atoms with van der Waals surface area (Å²) in [6.07, 6.45) is 2.77. The highest BCUT2D eigenvalue weighted by atomic mass is 16.2. The van der Waals surface area contributed by atoms with Crippen LogP contribution in [-0.4, -0.2) is 36.3 Å². The molecule has 0 aromatic heterocycles. The maximum Gasteiger partial charge on any atom is 0.239 e. The smallest absolute Gasteiger partial charge is 0.239 e. The minimum absolute atomic E-state index is 0.0272. The fourth-order valence-corrected chi connectivity index (χ4v) is 3.33. The molecule has 2 heterocycles. The molecule has 1 unspecified atom stereocenters. The Kier molecular flexibility index (Phi) is 3.70. The number of likely N-dealkylation sites (tertiary alicyclic amines) is 1. The zero-order valence-corrected chi connectivity index (χ0v) is 12.8. The van der Waals surface area contributed by atoms with Gasteiger partial charge in [0.1, 0.15) is 5.92 Å². The summed E-state index contributed by atoms with van der Waals surface area (Å²) in [4.78, 5) is 28.8. The Balaban J connectivity index is 1.80. The molecule has 2 saturated heterocycles. The van der Waals surface area contributed by atoms with Gasteiger partial charge in [-0.25, -0.2) is 0 Å². The Labute approximate surface area is 125 Å². The van der Waals surface area contributed by atoms with Gasteiger partial charge in [0.25, 0.3) is 0 Å². The molecule has 2 aliphatic heterocycles. The number of anilines is 1. The average molecular weight is 286 g/mol. The van der Waals surface area contributed by atoms with Gasteiger partial charge in [-0.2, -0.15) is 0 Å². The maximum absolute atomic E-state index is 12.6. The second-order valence-corrected chi connectivity index (χ2v) is 6.08. The topological polar surface area (TPSA) is 40.6 Å². The summed E-state index contributed by atoms with van der Waals surface area (Å²) in [6.45, 7) is 6.35. The lowest BCUT2D eigenvalue weighted by Crippen LogP contribution is -2.38. The van der Waals surface area contributed by atoms with Gasteiger partial charge >= 0.3 is 0 Å². The van der Waals surface area contributed by atoms with Crippen molar-refractivity contribution in [2.24, 2.45) is 5.92 Å². The van der Waals surface area contributed by atoms with E-state index in [1.807, 2.05) is 36.9 Å². The first-order chi connectivity index (χ1) is 10.1. The predicted molar refractivity (Wildman–Crippen MR) is 82.2 cm³/mol. The third kappa shape index (κ3) is 2.43. The van der Waals surface area contributed by atoms with Crippen molar-refractivity contribution in [2.45, 2.75) is 33.1 Å². The van der Waals surface area contributed by atoms with E-state index in [0.29, 0.717) is 13.0 Å². The summed E-state index contributed by atoms with van der Waals surface area (Å²) in [5.74, 6) is -0.464. The molecule has 1 atom stereocenters. The van der Waals surface area contributed by atoms with Crippen LogP contribution >= 0.6 is 0 Å². The highest BCUT2D eigenvalue weighted by molar-refractivity contribution is 6.10. The number of benzene rings is 1. The molecule has 0 N–H and O–H groups in total. The highest BCUT2D eigenvalue weighted by Crippen LogP contribution is 2.30. The summed E-state index contributed by atoms with van der Waals surface area (Å²) >= 11 is 0. The van der Waals surface area contributed by atoms with Gasteiger partial charge in [0.15, 0.2) is 0 Å². The SMILES string of the molecule is Cc1cccc(N2CCC(C(=O)N3CCCC3)C2=O)c1C. The van der Waals surface area contributed by atoms with Crippen molar-refractivity contribution in [1.82, 2.24) is 4.90 Å². The van der Waals surface area contributed by atoms with Gasteiger partial charge in [0, 0.05) is 25.3 Å². The van der Waals surface area contributed by atoms with Crippen molar-refractivity contribution >= 4 is 17.5 Å². The molecule has 2 aliphatic rings. The van der Waals surface area contributed by atoms with Gasteiger partial charge in [-0.15, -0.1) is 0 Å². The summed E-state index contributed by atoms with van der Waals surface area (Å²) in [7, 11) is 0. The van der Waals surface area contributed by atoms with Crippen LogP contribution in [0.25, 0.3) is 0 Å². The van der Waals surface area contributed by atoms with Crippen molar-refractivity contribution in [1.29, 1.82) is 0 Å². The zero-order valence-electron chi connectivity index (χ0n) is 12.8. The monoisotopic (exact) mass is 286 g/mol. The molecule has 21 heavy (non-hydrogen) atoms. The predicted octanol–water partition coefficient (Wildman–Crippen LogP) is 2.28. The summed E-state index contributed by atoms with van der Waals surface area (Å²) < 4.78 is 0. The molecule has 2 amide bonds. The number of amides is 2. The number of carbonyl (C=O) groups excluding carboxylic acids is 2. The van der Waals surface area contributed by atoms with Crippen LogP contribution in [-0.2, 0) is 9.59 Å². The van der Waals surface area contributed by atoms with Crippen LogP contribution < -0.4 is 4.90 Å². The second kappa shape index (κ2) is 5.51. The fraction of sp³-hybridized carbons (Fsp3) is 0.529. The molecule has 0 radical (unpaired) electrons. The first-order valence-corrected chi connectivity index (χ1v) is 7.76. The van der Waals surface area contributed by atoms with E-state index in [1.165, 1.54) is 5.56 Å². The molecule has 1 aromatic rings. The van der Waals surface area contributed by atoms with Crippen LogP contribution in [0.1, 0.15) is 30.4 Å². The Morgan fingerprint density at radius 1 is 1.14 bits per heavy atom. The Morgan fingerprint density at radius 3 is 2.57 bits per heavy atom. The Hall–Kier alpha value is -1.84. The number of aryl methyl sites for hydroxylation is 1. The number of hydrogen-bond acceptors (Lipinski definition) is 2. The average Bonchev–Trinajstić information content (AvgIpc) is 3.11. The number of rotatable bonds is 2. The van der Waals surface area contributed by atoms with Crippen LogP contribution in [0.15, 0.2) is 18.2 Å².